The topological polar surface area (TPSA) is 55.0 Å². The lowest BCUT2D eigenvalue weighted by Crippen LogP contribution is -2.38. The number of rotatable bonds is 2. The largest absolute Gasteiger partial charge is 0.381 e. The summed E-state index contributed by atoms with van der Waals surface area (Å²) in [5.41, 5.74) is 1.61. The van der Waals surface area contributed by atoms with Gasteiger partial charge in [0.05, 0.1) is 5.41 Å². The molecule has 1 N–H and O–H groups in total. The zero-order valence-corrected chi connectivity index (χ0v) is 11.6. The van der Waals surface area contributed by atoms with E-state index >= 15 is 0 Å². The van der Waals surface area contributed by atoms with Gasteiger partial charge in [-0.3, -0.25) is 4.79 Å². The van der Waals surface area contributed by atoms with E-state index in [9.17, 15) is 4.79 Å². The summed E-state index contributed by atoms with van der Waals surface area (Å²) in [4.78, 5) is 19.3. The van der Waals surface area contributed by atoms with Gasteiger partial charge in [-0.15, -0.1) is 0 Å². The molecule has 20 heavy (non-hydrogen) atoms. The summed E-state index contributed by atoms with van der Waals surface area (Å²) >= 11 is 0. The molecule has 0 atom stereocenters. The van der Waals surface area contributed by atoms with Crippen molar-refractivity contribution in [1.82, 2.24) is 9.97 Å². The minimum Gasteiger partial charge on any atom is -0.381 e. The molecular formula is C16H18N2O2. The summed E-state index contributed by atoms with van der Waals surface area (Å²) in [7, 11) is 0. The maximum Gasteiger partial charge on any atom is 0.251 e. The third-order valence-electron chi connectivity index (χ3n) is 4.00. The molecule has 0 spiro atoms. The van der Waals surface area contributed by atoms with Crippen molar-refractivity contribution < 1.29 is 4.74 Å². The first-order valence-corrected chi connectivity index (χ1v) is 6.92. The van der Waals surface area contributed by atoms with E-state index in [0.29, 0.717) is 13.2 Å². The van der Waals surface area contributed by atoms with E-state index in [2.05, 4.69) is 22.1 Å². The summed E-state index contributed by atoms with van der Waals surface area (Å²) in [5.74, 6) is 0.761. The van der Waals surface area contributed by atoms with E-state index in [1.54, 1.807) is 0 Å². The molecule has 0 radical (unpaired) electrons. The average molecular weight is 270 g/mol. The van der Waals surface area contributed by atoms with Crippen molar-refractivity contribution in [3.63, 3.8) is 0 Å². The van der Waals surface area contributed by atoms with Crippen LogP contribution in [0.3, 0.4) is 0 Å². The zero-order chi connectivity index (χ0) is 14.0. The highest BCUT2D eigenvalue weighted by Crippen LogP contribution is 2.38. The molecule has 104 valence electrons. The molecule has 1 saturated heterocycles. The van der Waals surface area contributed by atoms with Gasteiger partial charge in [0.15, 0.2) is 0 Å². The Bertz CT molecular complexity index is 643. The Labute approximate surface area is 117 Å². The standard InChI is InChI=1S/C16H18N2O2/c1-12-11-14(19)18-15(17-12)16(7-9-20-10-8-16)13-5-3-2-4-6-13/h2-6,11H,7-10H2,1H3,(H,17,18,19). The molecule has 4 heteroatoms. The van der Waals surface area contributed by atoms with Gasteiger partial charge in [0.25, 0.3) is 5.56 Å². The molecule has 0 saturated carbocycles. The van der Waals surface area contributed by atoms with Crippen molar-refractivity contribution in [2.45, 2.75) is 25.2 Å². The Morgan fingerprint density at radius 2 is 1.90 bits per heavy atom. The third kappa shape index (κ3) is 2.27. The van der Waals surface area contributed by atoms with Gasteiger partial charge < -0.3 is 9.72 Å². The maximum absolute atomic E-state index is 11.8. The Morgan fingerprint density at radius 3 is 2.55 bits per heavy atom. The van der Waals surface area contributed by atoms with Gasteiger partial charge >= 0.3 is 0 Å². The van der Waals surface area contributed by atoms with Crippen LogP contribution in [0.2, 0.25) is 0 Å². The van der Waals surface area contributed by atoms with Gasteiger partial charge in [-0.2, -0.15) is 0 Å². The van der Waals surface area contributed by atoms with Crippen LogP contribution in [0.25, 0.3) is 0 Å². The number of benzene rings is 1. The molecule has 0 amide bonds. The second kappa shape index (κ2) is 5.21. The molecule has 0 aliphatic carbocycles. The number of nitrogens with zero attached hydrogens (tertiary/aromatic N) is 1. The van der Waals surface area contributed by atoms with Crippen molar-refractivity contribution in [3.05, 3.63) is 63.8 Å². The molecule has 1 aromatic heterocycles. The van der Waals surface area contributed by atoms with Crippen LogP contribution >= 0.6 is 0 Å². The van der Waals surface area contributed by atoms with E-state index in [0.717, 1.165) is 24.4 Å². The van der Waals surface area contributed by atoms with Crippen LogP contribution in [-0.2, 0) is 10.2 Å². The maximum atomic E-state index is 11.8. The Morgan fingerprint density at radius 1 is 1.20 bits per heavy atom. The molecular weight excluding hydrogens is 252 g/mol. The van der Waals surface area contributed by atoms with Crippen molar-refractivity contribution in [2.24, 2.45) is 0 Å². The lowest BCUT2D eigenvalue weighted by atomic mass is 9.73. The number of hydrogen-bond acceptors (Lipinski definition) is 3. The fourth-order valence-electron chi connectivity index (χ4n) is 2.94. The van der Waals surface area contributed by atoms with E-state index in [1.165, 1.54) is 11.6 Å². The van der Waals surface area contributed by atoms with Crippen LogP contribution in [0.15, 0.2) is 41.2 Å². The average Bonchev–Trinajstić information content (AvgIpc) is 2.48. The number of H-pyrrole nitrogens is 1. The van der Waals surface area contributed by atoms with Gasteiger partial charge in [0, 0.05) is 25.0 Å². The smallest absolute Gasteiger partial charge is 0.251 e. The Balaban J connectivity index is 2.17. The molecule has 0 unspecified atom stereocenters. The van der Waals surface area contributed by atoms with Gasteiger partial charge in [-0.05, 0) is 25.3 Å². The van der Waals surface area contributed by atoms with Crippen molar-refractivity contribution in [2.75, 3.05) is 13.2 Å². The Hall–Kier alpha value is -1.94. The SMILES string of the molecule is Cc1cc(=O)[nH]c(C2(c3ccccc3)CCOCC2)n1. The van der Waals surface area contributed by atoms with E-state index in [1.807, 2.05) is 25.1 Å². The van der Waals surface area contributed by atoms with Crippen LogP contribution in [0.5, 0.6) is 0 Å². The van der Waals surface area contributed by atoms with E-state index < -0.39 is 0 Å². The molecule has 1 aliphatic rings. The fraction of sp³-hybridized carbons (Fsp3) is 0.375. The molecule has 1 fully saturated rings. The highest BCUT2D eigenvalue weighted by atomic mass is 16.5. The van der Waals surface area contributed by atoms with Crippen LogP contribution in [-0.4, -0.2) is 23.2 Å². The number of ether oxygens (including phenoxy) is 1. The summed E-state index contributed by atoms with van der Waals surface area (Å²) in [6, 6.07) is 11.8. The van der Waals surface area contributed by atoms with Crippen LogP contribution in [0.4, 0.5) is 0 Å². The summed E-state index contributed by atoms with van der Waals surface area (Å²) < 4.78 is 5.51. The van der Waals surface area contributed by atoms with Gasteiger partial charge in [0.2, 0.25) is 0 Å². The molecule has 2 heterocycles. The molecule has 0 bridgehead atoms. The summed E-state index contributed by atoms with van der Waals surface area (Å²) in [6.45, 7) is 3.23. The van der Waals surface area contributed by atoms with Gasteiger partial charge in [0.1, 0.15) is 5.82 Å². The number of hydrogen-bond donors (Lipinski definition) is 1. The van der Waals surface area contributed by atoms with Crippen LogP contribution < -0.4 is 5.56 Å². The van der Waals surface area contributed by atoms with Crippen molar-refractivity contribution in [1.29, 1.82) is 0 Å². The minimum absolute atomic E-state index is 0.0886. The van der Waals surface area contributed by atoms with Crippen LogP contribution in [0, 0.1) is 6.92 Å². The van der Waals surface area contributed by atoms with Crippen molar-refractivity contribution >= 4 is 0 Å². The molecule has 1 aromatic carbocycles. The lowest BCUT2D eigenvalue weighted by molar-refractivity contribution is 0.0603. The molecule has 2 aromatic rings. The van der Waals surface area contributed by atoms with E-state index in [4.69, 9.17) is 4.74 Å². The monoisotopic (exact) mass is 270 g/mol. The second-order valence-electron chi connectivity index (χ2n) is 5.30. The van der Waals surface area contributed by atoms with Gasteiger partial charge in [-0.25, -0.2) is 4.98 Å². The predicted octanol–water partition coefficient (Wildman–Crippen LogP) is 2.17. The van der Waals surface area contributed by atoms with Crippen LogP contribution in [0.1, 0.15) is 29.9 Å². The number of aryl methyl sites for hydroxylation is 1. The summed E-state index contributed by atoms with van der Waals surface area (Å²) in [5, 5.41) is 0. The predicted molar refractivity (Wildman–Crippen MR) is 76.9 cm³/mol. The second-order valence-corrected chi connectivity index (χ2v) is 5.30. The molecule has 3 rings (SSSR count). The fourth-order valence-corrected chi connectivity index (χ4v) is 2.94. The normalized spacial score (nSPS) is 17.9. The summed E-state index contributed by atoms with van der Waals surface area (Å²) in [6.07, 6.45) is 1.67. The Kier molecular flexibility index (Phi) is 3.40. The molecule has 1 aliphatic heterocycles. The number of nitrogens with one attached hydrogen (secondary N) is 1. The van der Waals surface area contributed by atoms with E-state index in [-0.39, 0.29) is 11.0 Å². The third-order valence-corrected chi connectivity index (χ3v) is 4.00. The molecule has 4 nitrogen and oxygen atoms in total. The first-order valence-electron chi connectivity index (χ1n) is 6.92. The zero-order valence-electron chi connectivity index (χ0n) is 11.6. The van der Waals surface area contributed by atoms with Crippen molar-refractivity contribution in [3.8, 4) is 0 Å². The highest BCUT2D eigenvalue weighted by Gasteiger charge is 2.38. The minimum atomic E-state index is -0.245. The first kappa shape index (κ1) is 13.1. The quantitative estimate of drug-likeness (QED) is 0.910. The lowest BCUT2D eigenvalue weighted by Gasteiger charge is -2.36. The number of aromatic nitrogens is 2. The highest BCUT2D eigenvalue weighted by molar-refractivity contribution is 5.33. The first-order chi connectivity index (χ1) is 9.71. The number of aromatic amines is 1. The van der Waals surface area contributed by atoms with Gasteiger partial charge in [-0.1, -0.05) is 30.3 Å².